The molecule has 3 aromatic carbocycles. The van der Waals surface area contributed by atoms with Gasteiger partial charge in [0.15, 0.2) is 5.76 Å². The zero-order valence-corrected chi connectivity index (χ0v) is 22.2. The number of H-pyrrole nitrogens is 1. The third-order valence-corrected chi connectivity index (χ3v) is 7.88. The summed E-state index contributed by atoms with van der Waals surface area (Å²) in [6.07, 6.45) is 3.32. The number of likely N-dealkylation sites (tertiary alicyclic amines) is 1. The van der Waals surface area contributed by atoms with Gasteiger partial charge in [-0.1, -0.05) is 66.7 Å². The third kappa shape index (κ3) is 5.46. The van der Waals surface area contributed by atoms with Crippen LogP contribution in [-0.4, -0.2) is 44.8 Å². The molecule has 0 spiro atoms. The molecule has 2 atom stereocenters. The molecule has 1 fully saturated rings. The SMILES string of the molecule is O=C(C1=C[C@H](c2ccccc2)C[C@H](OCc2ccc(CO)cc2)O1)N1CCC(n2c(=O)[nH]c3ccccc32)CC1. The lowest BCUT2D eigenvalue weighted by Crippen LogP contribution is -2.42. The van der Waals surface area contributed by atoms with Gasteiger partial charge in [0.25, 0.3) is 5.91 Å². The zero-order valence-electron chi connectivity index (χ0n) is 22.2. The fourth-order valence-electron chi connectivity index (χ4n) is 5.69. The number of nitrogens with one attached hydrogen (secondary N) is 1. The Balaban J connectivity index is 1.16. The van der Waals surface area contributed by atoms with Crippen LogP contribution in [0.3, 0.4) is 0 Å². The Morgan fingerprint density at radius 3 is 2.40 bits per heavy atom. The van der Waals surface area contributed by atoms with Crippen molar-refractivity contribution in [1.29, 1.82) is 0 Å². The number of amides is 1. The maximum absolute atomic E-state index is 13.7. The number of benzene rings is 3. The minimum absolute atomic E-state index is 0.00232. The molecule has 2 aliphatic heterocycles. The van der Waals surface area contributed by atoms with Crippen LogP contribution in [0.25, 0.3) is 11.0 Å². The van der Waals surface area contributed by atoms with Crippen LogP contribution in [0.5, 0.6) is 0 Å². The molecule has 1 saturated heterocycles. The lowest BCUT2D eigenvalue weighted by Gasteiger charge is -2.35. The largest absolute Gasteiger partial charge is 0.459 e. The molecule has 0 aliphatic carbocycles. The smallest absolute Gasteiger partial charge is 0.326 e. The molecule has 8 heteroatoms. The molecule has 8 nitrogen and oxygen atoms in total. The van der Waals surface area contributed by atoms with Crippen molar-refractivity contribution < 1.29 is 19.4 Å². The number of imidazole rings is 1. The number of carbonyl (C=O) groups is 1. The Bertz CT molecular complexity index is 1550. The van der Waals surface area contributed by atoms with E-state index in [0.29, 0.717) is 44.7 Å². The topological polar surface area (TPSA) is 96.8 Å². The number of aromatic nitrogens is 2. The highest BCUT2D eigenvalue weighted by atomic mass is 16.7. The minimum Gasteiger partial charge on any atom is -0.459 e. The van der Waals surface area contributed by atoms with Gasteiger partial charge in [0.2, 0.25) is 6.29 Å². The Kier molecular flexibility index (Phi) is 7.53. The van der Waals surface area contributed by atoms with Gasteiger partial charge in [-0.05, 0) is 47.7 Å². The second-order valence-electron chi connectivity index (χ2n) is 10.5. The summed E-state index contributed by atoms with van der Waals surface area (Å²) in [6, 6.07) is 25.4. The highest BCUT2D eigenvalue weighted by molar-refractivity contribution is 5.92. The Morgan fingerprint density at radius 2 is 1.65 bits per heavy atom. The molecule has 0 bridgehead atoms. The van der Waals surface area contributed by atoms with Crippen molar-refractivity contribution in [3.63, 3.8) is 0 Å². The number of nitrogens with zero attached hydrogens (tertiary/aromatic N) is 2. The minimum atomic E-state index is -0.575. The molecule has 2 N–H and O–H groups in total. The van der Waals surface area contributed by atoms with Crippen molar-refractivity contribution in [1.82, 2.24) is 14.5 Å². The number of aliphatic hydroxyl groups is 1. The van der Waals surface area contributed by atoms with E-state index in [-0.39, 0.29) is 30.2 Å². The van der Waals surface area contributed by atoms with Gasteiger partial charge in [0.05, 0.1) is 24.2 Å². The van der Waals surface area contributed by atoms with Crippen LogP contribution >= 0.6 is 0 Å². The van der Waals surface area contributed by atoms with Crippen LogP contribution in [0.1, 0.15) is 47.9 Å². The summed E-state index contributed by atoms with van der Waals surface area (Å²) in [4.78, 5) is 31.1. The molecule has 0 saturated carbocycles. The maximum atomic E-state index is 13.7. The molecule has 206 valence electrons. The van der Waals surface area contributed by atoms with Crippen LogP contribution in [0, 0.1) is 0 Å². The Hall–Kier alpha value is -4.14. The number of para-hydroxylation sites is 2. The van der Waals surface area contributed by atoms with E-state index in [4.69, 9.17) is 9.47 Å². The van der Waals surface area contributed by atoms with Crippen LogP contribution in [0.4, 0.5) is 0 Å². The number of aliphatic hydroxyl groups excluding tert-OH is 1. The number of piperidine rings is 1. The molecule has 3 heterocycles. The second-order valence-corrected chi connectivity index (χ2v) is 10.5. The van der Waals surface area contributed by atoms with E-state index in [1.807, 2.05) is 82.3 Å². The van der Waals surface area contributed by atoms with E-state index in [1.54, 1.807) is 0 Å². The fourth-order valence-corrected chi connectivity index (χ4v) is 5.69. The number of allylic oxidation sites excluding steroid dienone is 1. The first-order chi connectivity index (χ1) is 19.6. The monoisotopic (exact) mass is 539 g/mol. The van der Waals surface area contributed by atoms with Crippen molar-refractivity contribution in [2.24, 2.45) is 0 Å². The Labute approximate surface area is 232 Å². The van der Waals surface area contributed by atoms with Crippen LogP contribution in [0.15, 0.2) is 95.5 Å². The predicted molar refractivity (Wildman–Crippen MR) is 151 cm³/mol. The number of carbonyl (C=O) groups excluding carboxylic acids is 1. The summed E-state index contributed by atoms with van der Waals surface area (Å²) >= 11 is 0. The summed E-state index contributed by atoms with van der Waals surface area (Å²) < 4.78 is 14.1. The predicted octanol–water partition coefficient (Wildman–Crippen LogP) is 4.62. The molecule has 2 aliphatic rings. The average Bonchev–Trinajstić information content (AvgIpc) is 3.36. The molecule has 40 heavy (non-hydrogen) atoms. The quantitative estimate of drug-likeness (QED) is 0.357. The summed E-state index contributed by atoms with van der Waals surface area (Å²) in [5, 5.41) is 9.30. The van der Waals surface area contributed by atoms with Crippen molar-refractivity contribution in [2.45, 2.75) is 50.7 Å². The normalized spacial score (nSPS) is 19.8. The van der Waals surface area contributed by atoms with Gasteiger partial charge in [-0.2, -0.15) is 0 Å². The van der Waals surface area contributed by atoms with Gasteiger partial charge in [-0.3, -0.25) is 9.36 Å². The number of ether oxygens (including phenoxy) is 2. The molecule has 4 aromatic rings. The lowest BCUT2D eigenvalue weighted by atomic mass is 9.92. The van der Waals surface area contributed by atoms with Gasteiger partial charge in [0, 0.05) is 31.5 Å². The maximum Gasteiger partial charge on any atom is 0.326 e. The van der Waals surface area contributed by atoms with E-state index in [1.165, 1.54) is 0 Å². The van der Waals surface area contributed by atoms with E-state index < -0.39 is 6.29 Å². The summed E-state index contributed by atoms with van der Waals surface area (Å²) in [5.41, 5.74) is 4.53. The Morgan fingerprint density at radius 1 is 0.950 bits per heavy atom. The first-order valence-corrected chi connectivity index (χ1v) is 13.8. The van der Waals surface area contributed by atoms with Crippen LogP contribution < -0.4 is 5.69 Å². The fraction of sp³-hybridized carbons (Fsp3) is 0.312. The van der Waals surface area contributed by atoms with Gasteiger partial charge in [-0.15, -0.1) is 0 Å². The first-order valence-electron chi connectivity index (χ1n) is 13.8. The number of hydrogen-bond acceptors (Lipinski definition) is 5. The van der Waals surface area contributed by atoms with Crippen LogP contribution in [-0.2, 0) is 27.5 Å². The van der Waals surface area contributed by atoms with Gasteiger partial charge < -0.3 is 24.5 Å². The zero-order chi connectivity index (χ0) is 27.5. The van der Waals surface area contributed by atoms with Crippen molar-refractivity contribution >= 4 is 16.9 Å². The van der Waals surface area contributed by atoms with E-state index in [2.05, 4.69) is 17.1 Å². The van der Waals surface area contributed by atoms with Gasteiger partial charge in [-0.25, -0.2) is 4.79 Å². The average molecular weight is 540 g/mol. The van der Waals surface area contributed by atoms with E-state index in [9.17, 15) is 14.7 Å². The first kappa shape index (κ1) is 26.1. The number of aromatic amines is 1. The van der Waals surface area contributed by atoms with Crippen molar-refractivity contribution in [2.75, 3.05) is 13.1 Å². The number of rotatable bonds is 7. The standard InChI is InChI=1S/C32H33N3O5/c36-20-22-10-12-23(13-11-22)21-39-30-19-25(24-6-2-1-3-7-24)18-29(40-30)31(37)34-16-14-26(15-17-34)35-28-9-5-4-8-27(28)33-32(35)38/h1-13,18,25-26,30,36H,14-17,19-21H2,(H,33,38)/t25-,30+/m0/s1. The second kappa shape index (κ2) is 11.5. The highest BCUT2D eigenvalue weighted by Gasteiger charge is 2.33. The summed E-state index contributed by atoms with van der Waals surface area (Å²) in [7, 11) is 0. The van der Waals surface area contributed by atoms with Crippen molar-refractivity contribution in [3.05, 3.63) is 118 Å². The van der Waals surface area contributed by atoms with E-state index in [0.717, 1.165) is 27.7 Å². The molecule has 1 aromatic heterocycles. The third-order valence-electron chi connectivity index (χ3n) is 7.88. The van der Waals surface area contributed by atoms with Gasteiger partial charge >= 0.3 is 5.69 Å². The molecule has 1 amide bonds. The van der Waals surface area contributed by atoms with E-state index >= 15 is 0 Å². The number of hydrogen-bond donors (Lipinski definition) is 2. The molecular weight excluding hydrogens is 506 g/mol. The lowest BCUT2D eigenvalue weighted by molar-refractivity contribution is -0.156. The summed E-state index contributed by atoms with van der Waals surface area (Å²) in [5.74, 6) is 0.146. The molecule has 0 unspecified atom stereocenters. The molecule has 6 rings (SSSR count). The van der Waals surface area contributed by atoms with Crippen LogP contribution in [0.2, 0.25) is 0 Å². The molecular formula is C32H33N3O5. The van der Waals surface area contributed by atoms with Crippen molar-refractivity contribution in [3.8, 4) is 0 Å². The number of fused-ring (bicyclic) bond motifs is 1. The van der Waals surface area contributed by atoms with Gasteiger partial charge in [0.1, 0.15) is 0 Å². The molecule has 0 radical (unpaired) electrons. The highest BCUT2D eigenvalue weighted by Crippen LogP contribution is 2.33. The summed E-state index contributed by atoms with van der Waals surface area (Å²) in [6.45, 7) is 1.41.